The van der Waals surface area contributed by atoms with E-state index in [1.807, 2.05) is 30.3 Å². The molecular weight excluding hydrogens is 322 g/mol. The van der Waals surface area contributed by atoms with Crippen LogP contribution in [0.2, 0.25) is 0 Å². The smallest absolute Gasteiger partial charge is 0.415 e. The van der Waals surface area contributed by atoms with Gasteiger partial charge in [-0.25, -0.2) is 4.79 Å². The van der Waals surface area contributed by atoms with Gasteiger partial charge < -0.3 is 14.8 Å². The van der Waals surface area contributed by atoms with Crippen LogP contribution in [0.1, 0.15) is 6.92 Å². The van der Waals surface area contributed by atoms with Gasteiger partial charge >= 0.3 is 6.09 Å². The van der Waals surface area contributed by atoms with Crippen LogP contribution in [0.15, 0.2) is 42.7 Å². The number of nitrogens with one attached hydrogen (secondary N) is 1. The molecule has 1 aromatic carbocycles. The summed E-state index contributed by atoms with van der Waals surface area (Å²) in [4.78, 5) is 29.2. The number of fused-ring (bicyclic) bond motifs is 3. The number of anilines is 1. The van der Waals surface area contributed by atoms with Gasteiger partial charge in [-0.15, -0.1) is 0 Å². The van der Waals surface area contributed by atoms with Crippen molar-refractivity contribution in [2.45, 2.75) is 19.1 Å². The lowest BCUT2D eigenvalue weighted by molar-refractivity contribution is -0.119. The average Bonchev–Trinajstić information content (AvgIpc) is 2.96. The Labute approximate surface area is 144 Å². The predicted molar refractivity (Wildman–Crippen MR) is 90.4 cm³/mol. The van der Waals surface area contributed by atoms with Gasteiger partial charge in [0.05, 0.1) is 12.2 Å². The summed E-state index contributed by atoms with van der Waals surface area (Å²) < 4.78 is 11.3. The maximum atomic E-state index is 12.3. The second-order valence-corrected chi connectivity index (χ2v) is 6.03. The zero-order valence-electron chi connectivity index (χ0n) is 13.6. The van der Waals surface area contributed by atoms with Crippen LogP contribution in [0.25, 0.3) is 11.1 Å². The lowest BCUT2D eigenvalue weighted by atomic mass is 10.0. The number of rotatable bonds is 3. The summed E-state index contributed by atoms with van der Waals surface area (Å²) in [5.41, 5.74) is 2.62. The topological polar surface area (TPSA) is 80.8 Å². The van der Waals surface area contributed by atoms with E-state index in [9.17, 15) is 9.59 Å². The van der Waals surface area contributed by atoms with Crippen molar-refractivity contribution in [1.82, 2.24) is 10.3 Å². The van der Waals surface area contributed by atoms with Gasteiger partial charge in [-0.2, -0.15) is 0 Å². The molecule has 4 rings (SSSR count). The van der Waals surface area contributed by atoms with Crippen molar-refractivity contribution in [3.05, 3.63) is 42.7 Å². The van der Waals surface area contributed by atoms with Crippen molar-refractivity contribution in [2.75, 3.05) is 18.1 Å². The number of hydrogen-bond donors (Lipinski definition) is 1. The number of ether oxygens (including phenoxy) is 2. The molecule has 0 saturated carbocycles. The third-order valence-corrected chi connectivity index (χ3v) is 4.39. The summed E-state index contributed by atoms with van der Waals surface area (Å²) in [7, 11) is 0. The highest BCUT2D eigenvalue weighted by Gasteiger charge is 2.46. The van der Waals surface area contributed by atoms with Crippen molar-refractivity contribution in [1.29, 1.82) is 0 Å². The summed E-state index contributed by atoms with van der Waals surface area (Å²) in [6, 6.07) is 9.26. The van der Waals surface area contributed by atoms with E-state index < -0.39 is 12.2 Å². The molecular formula is C18H17N3O4. The molecule has 25 heavy (non-hydrogen) atoms. The first-order valence-corrected chi connectivity index (χ1v) is 8.05. The molecule has 0 spiro atoms. The fourth-order valence-electron chi connectivity index (χ4n) is 3.16. The predicted octanol–water partition coefficient (Wildman–Crippen LogP) is 1.97. The molecule has 0 aliphatic carbocycles. The molecule has 1 aromatic heterocycles. The Bertz CT molecular complexity index is 824. The molecule has 1 fully saturated rings. The van der Waals surface area contributed by atoms with Gasteiger partial charge in [-0.3, -0.25) is 14.7 Å². The molecule has 2 aliphatic rings. The number of carbonyl (C=O) groups is 2. The van der Waals surface area contributed by atoms with Gasteiger partial charge in [0.2, 0.25) is 5.91 Å². The summed E-state index contributed by atoms with van der Waals surface area (Å²) in [6.07, 6.45) is 2.65. The monoisotopic (exact) mass is 339 g/mol. The fourth-order valence-corrected chi connectivity index (χ4v) is 3.16. The quantitative estimate of drug-likeness (QED) is 0.925. The second kappa shape index (κ2) is 6.08. The van der Waals surface area contributed by atoms with E-state index in [2.05, 4.69) is 10.3 Å². The minimum Gasteiger partial charge on any atom is -0.489 e. The normalized spacial score (nSPS) is 21.0. The van der Waals surface area contributed by atoms with E-state index in [-0.39, 0.29) is 18.5 Å². The third kappa shape index (κ3) is 2.77. The number of pyridine rings is 1. The van der Waals surface area contributed by atoms with Crippen LogP contribution in [-0.4, -0.2) is 42.3 Å². The van der Waals surface area contributed by atoms with E-state index in [0.717, 1.165) is 11.1 Å². The highest BCUT2D eigenvalue weighted by Crippen LogP contribution is 2.40. The SMILES string of the molecule is CC(=O)NC[C@@H]1OC(=O)N2c3ccc(-c4cccnc4)cc3OC[C@@H]12. The van der Waals surface area contributed by atoms with Crippen molar-refractivity contribution in [3.63, 3.8) is 0 Å². The molecule has 0 radical (unpaired) electrons. The Hall–Kier alpha value is -3.09. The minimum atomic E-state index is -0.428. The van der Waals surface area contributed by atoms with Crippen molar-refractivity contribution >= 4 is 17.7 Å². The number of cyclic esters (lactones) is 1. The number of aromatic nitrogens is 1. The van der Waals surface area contributed by atoms with Crippen LogP contribution in [-0.2, 0) is 9.53 Å². The lowest BCUT2D eigenvalue weighted by Gasteiger charge is -2.31. The van der Waals surface area contributed by atoms with E-state index in [0.29, 0.717) is 18.0 Å². The molecule has 2 amide bonds. The zero-order chi connectivity index (χ0) is 17.4. The van der Waals surface area contributed by atoms with E-state index >= 15 is 0 Å². The first-order valence-electron chi connectivity index (χ1n) is 8.05. The Kier molecular flexibility index (Phi) is 3.76. The van der Waals surface area contributed by atoms with Crippen LogP contribution < -0.4 is 15.0 Å². The number of benzene rings is 1. The van der Waals surface area contributed by atoms with Crippen LogP contribution in [0.4, 0.5) is 10.5 Å². The Morgan fingerprint density at radius 1 is 1.36 bits per heavy atom. The third-order valence-electron chi connectivity index (χ3n) is 4.39. The molecule has 2 atom stereocenters. The van der Waals surface area contributed by atoms with Crippen molar-refractivity contribution < 1.29 is 19.1 Å². The Balaban J connectivity index is 1.62. The number of amides is 2. The number of hydrogen-bond acceptors (Lipinski definition) is 5. The zero-order valence-corrected chi connectivity index (χ0v) is 13.6. The minimum absolute atomic E-state index is 0.160. The Morgan fingerprint density at radius 3 is 3.00 bits per heavy atom. The molecule has 128 valence electrons. The fraction of sp³-hybridized carbons (Fsp3) is 0.278. The summed E-state index contributed by atoms with van der Waals surface area (Å²) >= 11 is 0. The molecule has 0 bridgehead atoms. The maximum Gasteiger partial charge on any atom is 0.415 e. The van der Waals surface area contributed by atoms with Gasteiger partial charge in [-0.05, 0) is 23.8 Å². The van der Waals surface area contributed by atoms with Gasteiger partial charge in [0.25, 0.3) is 0 Å². The molecule has 2 aliphatic heterocycles. The molecule has 0 unspecified atom stereocenters. The van der Waals surface area contributed by atoms with Gasteiger partial charge in [-0.1, -0.05) is 12.1 Å². The molecule has 1 N–H and O–H groups in total. The Morgan fingerprint density at radius 2 is 2.24 bits per heavy atom. The van der Waals surface area contributed by atoms with Crippen LogP contribution in [0, 0.1) is 0 Å². The van der Waals surface area contributed by atoms with Gasteiger partial charge in [0, 0.05) is 24.9 Å². The largest absolute Gasteiger partial charge is 0.489 e. The molecule has 7 nitrogen and oxygen atoms in total. The highest BCUT2D eigenvalue weighted by molar-refractivity contribution is 5.94. The molecule has 3 heterocycles. The average molecular weight is 339 g/mol. The summed E-state index contributed by atoms with van der Waals surface area (Å²) in [5.74, 6) is 0.475. The first kappa shape index (κ1) is 15.4. The molecule has 2 aromatic rings. The van der Waals surface area contributed by atoms with E-state index in [1.165, 1.54) is 6.92 Å². The summed E-state index contributed by atoms with van der Waals surface area (Å²) in [6.45, 7) is 2.02. The van der Waals surface area contributed by atoms with Crippen molar-refractivity contribution in [3.8, 4) is 16.9 Å². The first-order chi connectivity index (χ1) is 12.1. The summed E-state index contributed by atoms with van der Waals surface area (Å²) in [5, 5.41) is 2.69. The highest BCUT2D eigenvalue weighted by atomic mass is 16.6. The van der Waals surface area contributed by atoms with E-state index in [1.54, 1.807) is 17.3 Å². The number of nitrogens with zero attached hydrogens (tertiary/aromatic N) is 2. The van der Waals surface area contributed by atoms with Crippen LogP contribution in [0.5, 0.6) is 5.75 Å². The van der Waals surface area contributed by atoms with Crippen LogP contribution >= 0.6 is 0 Å². The van der Waals surface area contributed by atoms with E-state index in [4.69, 9.17) is 9.47 Å². The van der Waals surface area contributed by atoms with Crippen LogP contribution in [0.3, 0.4) is 0 Å². The molecule has 7 heteroatoms. The van der Waals surface area contributed by atoms with Crippen molar-refractivity contribution in [2.24, 2.45) is 0 Å². The molecule has 1 saturated heterocycles. The standard InChI is InChI=1S/C18H17N3O4/c1-11(22)20-9-17-15-10-24-16-7-12(13-3-2-6-19-8-13)4-5-14(16)21(15)18(23)25-17/h2-8,15,17H,9-10H2,1H3,(H,20,22)/t15-,17-/m0/s1. The lowest BCUT2D eigenvalue weighted by Crippen LogP contribution is -2.47. The number of carbonyl (C=O) groups excluding carboxylic acids is 2. The maximum absolute atomic E-state index is 12.3. The van der Waals surface area contributed by atoms with Gasteiger partial charge in [0.15, 0.2) is 0 Å². The second-order valence-electron chi connectivity index (χ2n) is 6.03. The van der Waals surface area contributed by atoms with Gasteiger partial charge in [0.1, 0.15) is 24.5 Å².